The van der Waals surface area contributed by atoms with Crippen LogP contribution in [0.15, 0.2) is 11.0 Å². The van der Waals surface area contributed by atoms with E-state index < -0.39 is 38.5 Å². The number of rotatable bonds is 2. The number of halogens is 3. The van der Waals surface area contributed by atoms with Gasteiger partial charge in [-0.1, -0.05) is 11.6 Å². The van der Waals surface area contributed by atoms with E-state index in [9.17, 15) is 22.3 Å². The Kier molecular flexibility index (Phi) is 6.75. The normalized spacial score (nSPS) is 11.6. The smallest absolute Gasteiger partial charge is 0.768 e. The third kappa shape index (κ3) is 3.97. The average Bonchev–Trinajstić information content (AvgIpc) is 2.12. The average molecular weight is 292 g/mol. The van der Waals surface area contributed by atoms with E-state index in [2.05, 4.69) is 5.32 Å². The molecule has 0 saturated carbocycles. The van der Waals surface area contributed by atoms with Crippen molar-refractivity contribution in [2.75, 3.05) is 5.32 Å². The first-order valence-electron chi connectivity index (χ1n) is 3.89. The van der Waals surface area contributed by atoms with Gasteiger partial charge < -0.3 is 9.87 Å². The number of amides is 1. The summed E-state index contributed by atoms with van der Waals surface area (Å²) in [5.41, 5.74) is -0.321. The van der Waals surface area contributed by atoms with Gasteiger partial charge in [0.25, 0.3) is 0 Å². The summed E-state index contributed by atoms with van der Waals surface area (Å²) in [6.45, 7) is 1.12. The maximum absolute atomic E-state index is 13.3. The molecule has 0 aromatic heterocycles. The molecule has 0 spiro atoms. The summed E-state index contributed by atoms with van der Waals surface area (Å²) in [5.74, 6) is -3.34. The van der Waals surface area contributed by atoms with Gasteiger partial charge in [-0.2, -0.15) is 0 Å². The van der Waals surface area contributed by atoms with Gasteiger partial charge in [-0.05, 0) is 11.1 Å². The molecule has 0 aliphatic heterocycles. The number of anilines is 1. The minimum absolute atomic E-state index is 0. The topological polar surface area (TPSA) is 69.2 Å². The van der Waals surface area contributed by atoms with Crippen molar-refractivity contribution >= 4 is 34.3 Å². The van der Waals surface area contributed by atoms with E-state index in [0.717, 1.165) is 6.92 Å². The molecule has 4 nitrogen and oxygen atoms in total. The summed E-state index contributed by atoms with van der Waals surface area (Å²) in [4.78, 5) is 9.52. The van der Waals surface area contributed by atoms with Crippen LogP contribution in [-0.2, 0) is 15.9 Å². The van der Waals surface area contributed by atoms with Gasteiger partial charge in [-0.25, -0.2) is 8.78 Å². The zero-order valence-corrected chi connectivity index (χ0v) is 12.4. The van der Waals surface area contributed by atoms with Crippen LogP contribution >= 0.6 is 11.6 Å². The Morgan fingerprint density at radius 2 is 2.06 bits per heavy atom. The number of benzene rings is 1. The Labute approximate surface area is 125 Å². The van der Waals surface area contributed by atoms with Crippen LogP contribution in [0.3, 0.4) is 0 Å². The molecule has 0 aliphatic carbocycles. The Morgan fingerprint density at radius 3 is 2.47 bits per heavy atom. The van der Waals surface area contributed by atoms with Crippen LogP contribution in [-0.4, -0.2) is 14.7 Å². The van der Waals surface area contributed by atoms with Crippen LogP contribution in [0.5, 0.6) is 0 Å². The molecule has 88 valence electrons. The summed E-state index contributed by atoms with van der Waals surface area (Å²) in [6.07, 6.45) is 0. The molecule has 1 amide bonds. The SMILES string of the molecule is CC(=O)Nc1cc(F)c(S(=O)[O-])c(F)c1Cl.[Na+]. The molecule has 0 fully saturated rings. The summed E-state index contributed by atoms with van der Waals surface area (Å²) in [5, 5.41) is 1.41. The second-order valence-electron chi connectivity index (χ2n) is 2.78. The van der Waals surface area contributed by atoms with Gasteiger partial charge in [-0.3, -0.25) is 9.00 Å². The van der Waals surface area contributed by atoms with E-state index in [1.807, 2.05) is 0 Å². The number of nitrogens with one attached hydrogen (secondary N) is 1. The van der Waals surface area contributed by atoms with Crippen molar-refractivity contribution in [1.82, 2.24) is 0 Å². The van der Waals surface area contributed by atoms with E-state index in [4.69, 9.17) is 11.6 Å². The van der Waals surface area contributed by atoms with E-state index in [0.29, 0.717) is 6.07 Å². The molecule has 0 bridgehead atoms. The predicted octanol–water partition coefficient (Wildman–Crippen LogP) is -1.18. The van der Waals surface area contributed by atoms with Gasteiger partial charge in [0.15, 0.2) is 5.82 Å². The van der Waals surface area contributed by atoms with E-state index in [1.54, 1.807) is 0 Å². The zero-order valence-electron chi connectivity index (χ0n) is 8.84. The number of hydrogen-bond acceptors (Lipinski definition) is 3. The first-order chi connectivity index (χ1) is 7.34. The third-order valence-corrected chi connectivity index (χ3v) is 2.67. The predicted molar refractivity (Wildman–Crippen MR) is 52.9 cm³/mol. The Bertz CT molecular complexity index is 486. The molecule has 0 heterocycles. The van der Waals surface area contributed by atoms with Crippen LogP contribution < -0.4 is 34.9 Å². The van der Waals surface area contributed by atoms with E-state index in [-0.39, 0.29) is 35.2 Å². The second kappa shape index (κ2) is 6.77. The Balaban J connectivity index is 0.00000256. The molecule has 1 N–H and O–H groups in total. The standard InChI is InChI=1S/C8H6ClF2NO3S.Na/c1-3(13)12-5-2-4(10)8(16(14)15)7(11)6(5)9;/h2H,1H3,(H,12,13)(H,14,15);/q;+1/p-1. The Hall–Kier alpha value is -0.0500. The number of hydrogen-bond donors (Lipinski definition) is 1. The molecule has 0 saturated heterocycles. The second-order valence-corrected chi connectivity index (χ2v) is 4.03. The molecule has 1 unspecified atom stereocenters. The minimum atomic E-state index is -3.08. The molecule has 0 radical (unpaired) electrons. The van der Waals surface area contributed by atoms with Crippen molar-refractivity contribution in [3.05, 3.63) is 22.7 Å². The molecule has 1 aromatic rings. The molecule has 1 atom stereocenters. The third-order valence-electron chi connectivity index (χ3n) is 1.59. The van der Waals surface area contributed by atoms with Crippen molar-refractivity contribution in [3.63, 3.8) is 0 Å². The molecule has 0 aliphatic rings. The largest absolute Gasteiger partial charge is 1.00 e. The summed E-state index contributed by atoms with van der Waals surface area (Å²) >= 11 is 2.35. The van der Waals surface area contributed by atoms with Gasteiger partial charge in [0.1, 0.15) is 10.8 Å². The maximum atomic E-state index is 13.3. The molecular weight excluding hydrogens is 287 g/mol. The van der Waals surface area contributed by atoms with Crippen molar-refractivity contribution in [2.45, 2.75) is 11.8 Å². The summed E-state index contributed by atoms with van der Waals surface area (Å²) in [6, 6.07) is 0.637. The molecule has 9 heteroatoms. The van der Waals surface area contributed by atoms with Crippen LogP contribution in [0.4, 0.5) is 14.5 Å². The van der Waals surface area contributed by atoms with Crippen molar-refractivity contribution in [3.8, 4) is 0 Å². The summed E-state index contributed by atoms with van der Waals surface area (Å²) in [7, 11) is 0. The van der Waals surface area contributed by atoms with Gasteiger partial charge in [0, 0.05) is 13.0 Å². The van der Waals surface area contributed by atoms with Gasteiger partial charge in [-0.15, -0.1) is 0 Å². The monoisotopic (exact) mass is 291 g/mol. The molecule has 1 aromatic carbocycles. The molecular formula is C8H5ClF2NNaO3S. The van der Waals surface area contributed by atoms with Gasteiger partial charge >= 0.3 is 29.6 Å². The number of carbonyl (C=O) groups excluding carboxylic acids is 1. The van der Waals surface area contributed by atoms with Gasteiger partial charge in [0.2, 0.25) is 5.91 Å². The summed E-state index contributed by atoms with van der Waals surface area (Å²) < 4.78 is 47.5. The first kappa shape index (κ1) is 16.9. The van der Waals surface area contributed by atoms with Crippen LogP contribution in [0.25, 0.3) is 0 Å². The fourth-order valence-corrected chi connectivity index (χ4v) is 1.73. The Morgan fingerprint density at radius 1 is 1.53 bits per heavy atom. The molecule has 17 heavy (non-hydrogen) atoms. The van der Waals surface area contributed by atoms with E-state index in [1.165, 1.54) is 0 Å². The fraction of sp³-hybridized carbons (Fsp3) is 0.125. The van der Waals surface area contributed by atoms with Crippen molar-refractivity contribution in [2.24, 2.45) is 0 Å². The zero-order chi connectivity index (χ0) is 12.5. The quantitative estimate of drug-likeness (QED) is 0.424. The van der Waals surface area contributed by atoms with Crippen LogP contribution in [0, 0.1) is 11.6 Å². The number of carbonyl (C=O) groups is 1. The first-order valence-corrected chi connectivity index (χ1v) is 5.34. The van der Waals surface area contributed by atoms with Crippen LogP contribution in [0.1, 0.15) is 6.92 Å². The van der Waals surface area contributed by atoms with Crippen molar-refractivity contribution < 1.29 is 51.9 Å². The van der Waals surface area contributed by atoms with E-state index >= 15 is 0 Å². The molecule has 1 rings (SSSR count). The van der Waals surface area contributed by atoms with Gasteiger partial charge in [0.05, 0.1) is 10.6 Å². The van der Waals surface area contributed by atoms with Crippen LogP contribution in [0.2, 0.25) is 5.02 Å². The maximum Gasteiger partial charge on any atom is 1.00 e. The van der Waals surface area contributed by atoms with Crippen molar-refractivity contribution in [1.29, 1.82) is 0 Å². The fourth-order valence-electron chi connectivity index (χ4n) is 1.01. The minimum Gasteiger partial charge on any atom is -0.768 e.